The Morgan fingerprint density at radius 2 is 1.62 bits per heavy atom. The zero-order valence-electron chi connectivity index (χ0n) is 22.2. The molecule has 0 unspecified atom stereocenters. The van der Waals surface area contributed by atoms with Crippen molar-refractivity contribution in [2.45, 2.75) is 40.3 Å². The molecule has 0 atom stereocenters. The van der Waals surface area contributed by atoms with E-state index < -0.39 is 29.7 Å². The summed E-state index contributed by atoms with van der Waals surface area (Å²) in [5, 5.41) is 21.1. The van der Waals surface area contributed by atoms with E-state index in [2.05, 4.69) is 15.3 Å². The third-order valence-electron chi connectivity index (χ3n) is 5.48. The predicted molar refractivity (Wildman–Crippen MR) is 148 cm³/mol. The van der Waals surface area contributed by atoms with Gasteiger partial charge in [0.1, 0.15) is 5.75 Å². The number of anilines is 2. The average Bonchev–Trinajstić information content (AvgIpc) is 2.94. The lowest BCUT2D eigenvalue weighted by Crippen LogP contribution is -2.43. The maximum Gasteiger partial charge on any atom is 0.354 e. The highest BCUT2D eigenvalue weighted by Crippen LogP contribution is 2.23. The van der Waals surface area contributed by atoms with Gasteiger partial charge in [-0.3, -0.25) is 9.36 Å². The number of aromatic carboxylic acids is 1. The first-order valence-corrected chi connectivity index (χ1v) is 12.4. The van der Waals surface area contributed by atoms with Crippen LogP contribution >= 0.6 is 0 Å². The maximum atomic E-state index is 13.2. The third kappa shape index (κ3) is 7.63. The van der Waals surface area contributed by atoms with E-state index in [9.17, 15) is 19.2 Å². The molecule has 40 heavy (non-hydrogen) atoms. The van der Waals surface area contributed by atoms with Crippen LogP contribution in [0, 0.1) is 6.92 Å². The van der Waals surface area contributed by atoms with Crippen molar-refractivity contribution in [2.75, 3.05) is 5.32 Å². The van der Waals surface area contributed by atoms with Crippen molar-refractivity contribution >= 4 is 23.6 Å². The predicted octanol–water partition coefficient (Wildman–Crippen LogP) is 3.89. The first-order valence-electron chi connectivity index (χ1n) is 12.4. The number of pyridine rings is 1. The van der Waals surface area contributed by atoms with Crippen LogP contribution in [-0.2, 0) is 17.9 Å². The highest BCUT2D eigenvalue weighted by Gasteiger charge is 2.15. The Labute approximate surface area is 229 Å². The summed E-state index contributed by atoms with van der Waals surface area (Å²) in [4.78, 5) is 55.9. The van der Waals surface area contributed by atoms with Gasteiger partial charge < -0.3 is 20.3 Å². The van der Waals surface area contributed by atoms with E-state index in [1.165, 1.54) is 22.9 Å². The molecule has 0 aliphatic heterocycles. The molecule has 208 valence electrons. The largest absolute Gasteiger partial charge is 0.481 e. The molecule has 2 aromatic carbocycles. The van der Waals surface area contributed by atoms with Gasteiger partial charge in [-0.15, -0.1) is 0 Å². The standard InChI is InChI=1S/C26H23N5O7.C2H6/c1-16-2-4-17(5-3-16)15-31-24(29-25(36)30(26(31)37)13-11-22(32)33)28-19-6-8-20(9-7-19)38-21-14-18(23(34)35)10-12-27-21;1-2/h2-10,12,14H,11,13,15H2,1H3,(H,32,33)(H,34,35)(H,28,29,36);1-2H3. The molecule has 3 N–H and O–H groups in total. The van der Waals surface area contributed by atoms with Crippen LogP contribution in [0.3, 0.4) is 0 Å². The van der Waals surface area contributed by atoms with Crippen LogP contribution < -0.4 is 21.4 Å². The van der Waals surface area contributed by atoms with Crippen LogP contribution in [0.25, 0.3) is 0 Å². The number of carbonyl (C=O) groups is 2. The number of nitrogens with one attached hydrogen (secondary N) is 1. The second-order valence-electron chi connectivity index (χ2n) is 8.31. The van der Waals surface area contributed by atoms with E-state index in [-0.39, 0.29) is 30.5 Å². The minimum Gasteiger partial charge on any atom is -0.481 e. The molecule has 12 nitrogen and oxygen atoms in total. The quantitative estimate of drug-likeness (QED) is 0.265. The number of aliphatic carboxylic acids is 1. The number of nitrogens with zero attached hydrogens (tertiary/aromatic N) is 4. The molecule has 0 fully saturated rings. The van der Waals surface area contributed by atoms with Crippen LogP contribution in [0.4, 0.5) is 11.6 Å². The fourth-order valence-electron chi connectivity index (χ4n) is 3.50. The van der Waals surface area contributed by atoms with Gasteiger partial charge in [-0.25, -0.2) is 23.9 Å². The number of benzene rings is 2. The normalized spacial score (nSPS) is 10.3. The van der Waals surface area contributed by atoms with Gasteiger partial charge in [-0.05, 0) is 42.8 Å². The molecule has 0 saturated heterocycles. The summed E-state index contributed by atoms with van der Waals surface area (Å²) in [6.07, 6.45) is 0.923. The fraction of sp³-hybridized carbons (Fsp3) is 0.214. The first kappa shape index (κ1) is 29.3. The summed E-state index contributed by atoms with van der Waals surface area (Å²) in [5.74, 6) is -1.79. The summed E-state index contributed by atoms with van der Waals surface area (Å²) in [6, 6.07) is 16.5. The summed E-state index contributed by atoms with van der Waals surface area (Å²) in [7, 11) is 0. The second kappa shape index (κ2) is 13.5. The number of carboxylic acids is 2. The lowest BCUT2D eigenvalue weighted by molar-refractivity contribution is -0.137. The monoisotopic (exact) mass is 547 g/mol. The highest BCUT2D eigenvalue weighted by atomic mass is 16.5. The Balaban J connectivity index is 0.00000216. The summed E-state index contributed by atoms with van der Waals surface area (Å²) >= 11 is 0. The van der Waals surface area contributed by atoms with E-state index in [0.29, 0.717) is 11.4 Å². The van der Waals surface area contributed by atoms with Gasteiger partial charge in [0.05, 0.1) is 18.5 Å². The van der Waals surface area contributed by atoms with Crippen molar-refractivity contribution in [3.05, 3.63) is 105 Å². The average molecular weight is 548 g/mol. The van der Waals surface area contributed by atoms with Crippen LogP contribution in [0.1, 0.15) is 41.8 Å². The van der Waals surface area contributed by atoms with Crippen LogP contribution in [0.15, 0.2) is 76.4 Å². The number of hydrogen-bond acceptors (Lipinski definition) is 8. The van der Waals surface area contributed by atoms with Crippen molar-refractivity contribution in [1.29, 1.82) is 0 Å². The van der Waals surface area contributed by atoms with E-state index in [1.54, 1.807) is 24.3 Å². The summed E-state index contributed by atoms with van der Waals surface area (Å²) in [5.41, 5.74) is 0.768. The molecule has 0 spiro atoms. The number of ether oxygens (including phenoxy) is 1. The Morgan fingerprint density at radius 3 is 2.25 bits per heavy atom. The Hall–Kier alpha value is -5.26. The lowest BCUT2D eigenvalue weighted by atomic mass is 10.1. The van der Waals surface area contributed by atoms with Gasteiger partial charge in [0, 0.05) is 24.5 Å². The van der Waals surface area contributed by atoms with Crippen LogP contribution in [0.2, 0.25) is 0 Å². The molecule has 0 aliphatic carbocycles. The summed E-state index contributed by atoms with van der Waals surface area (Å²) in [6.45, 7) is 5.72. The Morgan fingerprint density at radius 1 is 0.950 bits per heavy atom. The number of carboxylic acid groups (broad SMARTS) is 2. The molecule has 0 radical (unpaired) electrons. The van der Waals surface area contributed by atoms with Crippen molar-refractivity contribution in [3.8, 4) is 11.6 Å². The third-order valence-corrected chi connectivity index (χ3v) is 5.48. The SMILES string of the molecule is CC.Cc1ccc(Cn2c(Nc3ccc(Oc4cc(C(=O)O)ccn4)cc3)nc(=O)n(CCC(=O)O)c2=O)cc1. The van der Waals surface area contributed by atoms with Crippen LogP contribution in [0.5, 0.6) is 11.6 Å². The molecule has 4 aromatic rings. The van der Waals surface area contributed by atoms with E-state index >= 15 is 0 Å². The molecule has 0 aliphatic rings. The van der Waals surface area contributed by atoms with Crippen molar-refractivity contribution in [2.24, 2.45) is 0 Å². The number of aryl methyl sites for hydroxylation is 1. The van der Waals surface area contributed by atoms with Crippen molar-refractivity contribution in [3.63, 3.8) is 0 Å². The number of aromatic nitrogens is 4. The van der Waals surface area contributed by atoms with Gasteiger partial charge in [0.15, 0.2) is 0 Å². The lowest BCUT2D eigenvalue weighted by Gasteiger charge is -2.16. The number of rotatable bonds is 10. The summed E-state index contributed by atoms with van der Waals surface area (Å²) < 4.78 is 7.67. The molecule has 0 saturated carbocycles. The van der Waals surface area contributed by atoms with Gasteiger partial charge >= 0.3 is 23.3 Å². The molecule has 0 amide bonds. The molecular formula is C28H29N5O7. The highest BCUT2D eigenvalue weighted by molar-refractivity contribution is 5.87. The fourth-order valence-corrected chi connectivity index (χ4v) is 3.50. The maximum absolute atomic E-state index is 13.2. The van der Waals surface area contributed by atoms with Crippen molar-refractivity contribution in [1.82, 2.24) is 19.1 Å². The number of hydrogen-bond donors (Lipinski definition) is 3. The molecule has 4 rings (SSSR count). The van der Waals surface area contributed by atoms with Gasteiger partial charge in [0.2, 0.25) is 11.8 Å². The molecular weight excluding hydrogens is 518 g/mol. The van der Waals surface area contributed by atoms with E-state index in [1.807, 2.05) is 45.0 Å². The topological polar surface area (TPSA) is 166 Å². The molecule has 12 heteroatoms. The van der Waals surface area contributed by atoms with Gasteiger partial charge in [-0.2, -0.15) is 4.98 Å². The molecule has 2 heterocycles. The van der Waals surface area contributed by atoms with E-state index in [0.717, 1.165) is 15.7 Å². The van der Waals surface area contributed by atoms with Crippen molar-refractivity contribution < 1.29 is 24.5 Å². The zero-order valence-corrected chi connectivity index (χ0v) is 22.2. The van der Waals surface area contributed by atoms with Gasteiger partial charge in [-0.1, -0.05) is 43.7 Å². The Kier molecular flexibility index (Phi) is 9.90. The minimum absolute atomic E-state index is 0.0170. The zero-order chi connectivity index (χ0) is 29.2. The first-order chi connectivity index (χ1) is 19.2. The smallest absolute Gasteiger partial charge is 0.354 e. The van der Waals surface area contributed by atoms with Gasteiger partial charge in [0.25, 0.3) is 0 Å². The minimum atomic E-state index is -1.14. The molecule has 0 bridgehead atoms. The Bertz CT molecular complexity index is 1590. The van der Waals surface area contributed by atoms with E-state index in [4.69, 9.17) is 14.9 Å². The molecule has 2 aromatic heterocycles. The van der Waals surface area contributed by atoms with Crippen LogP contribution in [-0.4, -0.2) is 41.3 Å². The second-order valence-corrected chi connectivity index (χ2v) is 8.31.